The van der Waals surface area contributed by atoms with Crippen LogP contribution in [0.2, 0.25) is 0 Å². The average Bonchev–Trinajstić information content (AvgIpc) is 3.40. The third-order valence-electron chi connectivity index (χ3n) is 4.44. The first-order valence-electron chi connectivity index (χ1n) is 8.45. The molecule has 1 saturated carbocycles. The molecule has 120 valence electrons. The van der Waals surface area contributed by atoms with Crippen LogP contribution < -0.4 is 9.64 Å². The van der Waals surface area contributed by atoms with Gasteiger partial charge < -0.3 is 9.64 Å². The molecule has 0 bridgehead atoms. The van der Waals surface area contributed by atoms with Crippen LogP contribution in [0, 0.1) is 6.92 Å². The molecule has 5 heteroatoms. The zero-order valence-corrected chi connectivity index (χ0v) is 13.5. The van der Waals surface area contributed by atoms with Crippen molar-refractivity contribution in [2.24, 2.45) is 0 Å². The Morgan fingerprint density at radius 2 is 2.13 bits per heavy atom. The molecule has 2 fully saturated rings. The fourth-order valence-electron chi connectivity index (χ4n) is 3.11. The minimum atomic E-state index is 0.188. The van der Waals surface area contributed by atoms with Crippen LogP contribution >= 0.6 is 0 Å². The predicted molar refractivity (Wildman–Crippen MR) is 88.8 cm³/mol. The molecule has 1 aliphatic carbocycles. The van der Waals surface area contributed by atoms with Crippen molar-refractivity contribution in [1.29, 1.82) is 0 Å². The molecule has 5 nitrogen and oxygen atoms in total. The molecule has 23 heavy (non-hydrogen) atoms. The minimum Gasteiger partial charge on any atom is -0.487 e. The second kappa shape index (κ2) is 6.14. The van der Waals surface area contributed by atoms with Crippen molar-refractivity contribution >= 4 is 5.82 Å². The van der Waals surface area contributed by atoms with E-state index in [0.717, 1.165) is 49.0 Å². The number of aryl methyl sites for hydroxylation is 1. The van der Waals surface area contributed by atoms with Gasteiger partial charge in [0.05, 0.1) is 12.7 Å². The maximum absolute atomic E-state index is 6.08. The van der Waals surface area contributed by atoms with Gasteiger partial charge in [-0.25, -0.2) is 9.97 Å². The van der Waals surface area contributed by atoms with Gasteiger partial charge in [0.25, 0.3) is 0 Å². The van der Waals surface area contributed by atoms with Gasteiger partial charge in [0.15, 0.2) is 0 Å². The van der Waals surface area contributed by atoms with Crippen molar-refractivity contribution in [3.63, 3.8) is 0 Å². The molecule has 0 amide bonds. The number of anilines is 1. The highest BCUT2D eigenvalue weighted by molar-refractivity contribution is 5.41. The third kappa shape index (κ3) is 3.44. The lowest BCUT2D eigenvalue weighted by Gasteiger charge is -2.33. The van der Waals surface area contributed by atoms with Crippen molar-refractivity contribution < 1.29 is 4.74 Å². The van der Waals surface area contributed by atoms with Gasteiger partial charge in [-0.15, -0.1) is 0 Å². The molecule has 2 aromatic rings. The fraction of sp³-hybridized carbons (Fsp3) is 0.500. The van der Waals surface area contributed by atoms with Crippen molar-refractivity contribution in [3.8, 4) is 5.75 Å². The summed E-state index contributed by atoms with van der Waals surface area (Å²) in [6.45, 7) is 3.97. The summed E-state index contributed by atoms with van der Waals surface area (Å²) in [5.41, 5.74) is 1.06. The van der Waals surface area contributed by atoms with Crippen molar-refractivity contribution in [3.05, 3.63) is 42.1 Å². The smallest absolute Gasteiger partial charge is 0.138 e. The number of nitrogens with zero attached hydrogens (tertiary/aromatic N) is 4. The van der Waals surface area contributed by atoms with E-state index in [1.165, 1.54) is 12.8 Å². The zero-order chi connectivity index (χ0) is 15.6. The largest absolute Gasteiger partial charge is 0.487 e. The number of rotatable bonds is 4. The van der Waals surface area contributed by atoms with Crippen LogP contribution in [0.3, 0.4) is 0 Å². The van der Waals surface area contributed by atoms with E-state index in [0.29, 0.717) is 5.92 Å². The lowest BCUT2D eigenvalue weighted by atomic mass is 10.1. The molecular formula is C18H22N4O. The van der Waals surface area contributed by atoms with Crippen molar-refractivity contribution in [1.82, 2.24) is 15.0 Å². The molecule has 4 rings (SSSR count). The summed E-state index contributed by atoms with van der Waals surface area (Å²) in [7, 11) is 0. The van der Waals surface area contributed by atoms with Crippen LogP contribution in [0.4, 0.5) is 5.82 Å². The first-order valence-corrected chi connectivity index (χ1v) is 8.45. The highest BCUT2D eigenvalue weighted by Crippen LogP contribution is 2.38. The molecule has 1 saturated heterocycles. The maximum Gasteiger partial charge on any atom is 0.138 e. The summed E-state index contributed by atoms with van der Waals surface area (Å²) >= 11 is 0. The van der Waals surface area contributed by atoms with E-state index in [2.05, 4.69) is 27.9 Å². The van der Waals surface area contributed by atoms with Crippen LogP contribution in [0.1, 0.15) is 43.1 Å². The molecule has 2 aromatic heterocycles. The topological polar surface area (TPSA) is 51.1 Å². The molecule has 0 aromatic carbocycles. The molecule has 3 heterocycles. The van der Waals surface area contributed by atoms with E-state index in [9.17, 15) is 0 Å². The summed E-state index contributed by atoms with van der Waals surface area (Å²) in [5.74, 6) is 3.51. The Bertz CT molecular complexity index is 672. The molecule has 0 N–H and O–H groups in total. The van der Waals surface area contributed by atoms with Gasteiger partial charge in [0.1, 0.15) is 23.5 Å². The Hall–Kier alpha value is -2.17. The lowest BCUT2D eigenvalue weighted by molar-refractivity contribution is 0.178. The summed E-state index contributed by atoms with van der Waals surface area (Å²) in [5, 5.41) is 0. The molecule has 1 unspecified atom stereocenters. The van der Waals surface area contributed by atoms with E-state index < -0.39 is 0 Å². The second-order valence-electron chi connectivity index (χ2n) is 6.52. The summed E-state index contributed by atoms with van der Waals surface area (Å²) in [4.78, 5) is 15.9. The number of hydrogen-bond acceptors (Lipinski definition) is 5. The van der Waals surface area contributed by atoms with E-state index in [1.54, 1.807) is 12.4 Å². The normalized spacial score (nSPS) is 21.3. The fourth-order valence-corrected chi connectivity index (χ4v) is 3.11. The van der Waals surface area contributed by atoms with Crippen LogP contribution in [0.5, 0.6) is 5.75 Å². The molecule has 1 atom stereocenters. The number of aromatic nitrogens is 3. The predicted octanol–water partition coefficient (Wildman–Crippen LogP) is 3.11. The monoisotopic (exact) mass is 310 g/mol. The van der Waals surface area contributed by atoms with E-state index in [-0.39, 0.29) is 6.10 Å². The molecule has 2 aliphatic rings. The molecule has 0 radical (unpaired) electrons. The van der Waals surface area contributed by atoms with Crippen LogP contribution in [-0.4, -0.2) is 34.1 Å². The highest BCUT2D eigenvalue weighted by atomic mass is 16.5. The third-order valence-corrected chi connectivity index (χ3v) is 4.44. The first-order chi connectivity index (χ1) is 11.3. The summed E-state index contributed by atoms with van der Waals surface area (Å²) in [6, 6.07) is 5.97. The standard InChI is InChI=1S/C18H22N4O/c1-13-10-17(21-18(20-13)14-6-7-14)22-9-3-5-16(12-22)23-15-4-2-8-19-11-15/h2,4,8,10-11,14,16H,3,5-7,9,12H2,1H3. The number of piperidine rings is 1. The zero-order valence-electron chi connectivity index (χ0n) is 13.5. The van der Waals surface area contributed by atoms with E-state index in [1.807, 2.05) is 12.1 Å². The van der Waals surface area contributed by atoms with Gasteiger partial charge in [-0.3, -0.25) is 4.98 Å². The van der Waals surface area contributed by atoms with E-state index in [4.69, 9.17) is 9.72 Å². The molecule has 0 spiro atoms. The summed E-state index contributed by atoms with van der Waals surface area (Å²) in [6.07, 6.45) is 8.39. The first kappa shape index (κ1) is 14.4. The van der Waals surface area contributed by atoms with Gasteiger partial charge in [-0.2, -0.15) is 0 Å². The maximum atomic E-state index is 6.08. The molecule has 1 aliphatic heterocycles. The highest BCUT2D eigenvalue weighted by Gasteiger charge is 2.29. The Kier molecular flexibility index (Phi) is 3.85. The Labute approximate surface area is 136 Å². The van der Waals surface area contributed by atoms with Crippen LogP contribution in [0.15, 0.2) is 30.6 Å². The Balaban J connectivity index is 1.48. The second-order valence-corrected chi connectivity index (χ2v) is 6.52. The van der Waals surface area contributed by atoms with E-state index >= 15 is 0 Å². The number of pyridine rings is 1. The molecular weight excluding hydrogens is 288 g/mol. The van der Waals surface area contributed by atoms with Gasteiger partial charge in [0.2, 0.25) is 0 Å². The lowest BCUT2D eigenvalue weighted by Crippen LogP contribution is -2.41. The number of hydrogen-bond donors (Lipinski definition) is 0. The average molecular weight is 310 g/mol. The Morgan fingerprint density at radius 3 is 2.91 bits per heavy atom. The van der Waals surface area contributed by atoms with Crippen molar-refractivity contribution in [2.45, 2.75) is 44.6 Å². The van der Waals surface area contributed by atoms with Crippen LogP contribution in [-0.2, 0) is 0 Å². The van der Waals surface area contributed by atoms with Crippen LogP contribution in [0.25, 0.3) is 0 Å². The SMILES string of the molecule is Cc1cc(N2CCCC(Oc3cccnc3)C2)nc(C2CC2)n1. The quantitative estimate of drug-likeness (QED) is 0.868. The number of ether oxygens (including phenoxy) is 1. The van der Waals surface area contributed by atoms with Gasteiger partial charge in [0, 0.05) is 30.4 Å². The van der Waals surface area contributed by atoms with Gasteiger partial charge in [-0.05, 0) is 44.7 Å². The van der Waals surface area contributed by atoms with Gasteiger partial charge >= 0.3 is 0 Å². The Morgan fingerprint density at radius 1 is 1.22 bits per heavy atom. The minimum absolute atomic E-state index is 0.188. The summed E-state index contributed by atoms with van der Waals surface area (Å²) < 4.78 is 6.08. The van der Waals surface area contributed by atoms with Gasteiger partial charge in [-0.1, -0.05) is 0 Å². The van der Waals surface area contributed by atoms with Crippen molar-refractivity contribution in [2.75, 3.05) is 18.0 Å².